The van der Waals surface area contributed by atoms with Crippen LogP contribution in [0.5, 0.6) is 0 Å². The molecule has 0 aromatic carbocycles. The first kappa shape index (κ1) is 29.8. The summed E-state index contributed by atoms with van der Waals surface area (Å²) in [7, 11) is -9.87. The quantitative estimate of drug-likeness (QED) is 0.138. The molecule has 2 fully saturated rings. The van der Waals surface area contributed by atoms with Crippen LogP contribution in [0.3, 0.4) is 0 Å². The summed E-state index contributed by atoms with van der Waals surface area (Å²) < 4.78 is 54.0. The van der Waals surface area contributed by atoms with Crippen LogP contribution in [-0.2, 0) is 32.2 Å². The average molecular weight is 642 g/mol. The standard InChI is InChI=1S/C21H27N9O11P2/c22-12-3-4-24-17-15(12)25-8-29(17)14-2-1-10(39-14)6-38-43(35,36)41-13-5-11(7-37-42(32,33)34)40-20(13)30-9-26-16-18(30)27-21(23)28-19(16)31/h3-4,8-11,13-14,20H,1-2,5-7H2,(H2,22,24)(H,35,36)(H2,32,33,34)(H3,23,27,28,31)/p-1/t10-,11-,13+,14+,20+/m0/s1. The number of aromatic amines is 1. The molecule has 2 aliphatic heterocycles. The van der Waals surface area contributed by atoms with Crippen molar-refractivity contribution in [1.29, 1.82) is 0 Å². The molecule has 4 aromatic rings. The van der Waals surface area contributed by atoms with Gasteiger partial charge in [0.05, 0.1) is 43.8 Å². The lowest BCUT2D eigenvalue weighted by Gasteiger charge is -2.23. The van der Waals surface area contributed by atoms with E-state index in [-0.39, 0.29) is 30.1 Å². The third kappa shape index (κ3) is 6.34. The lowest BCUT2D eigenvalue weighted by atomic mass is 10.2. The van der Waals surface area contributed by atoms with E-state index in [0.29, 0.717) is 29.7 Å². The number of nitrogen functional groups attached to an aromatic ring is 2. The fraction of sp³-hybridized carbons (Fsp3) is 0.476. The predicted molar refractivity (Wildman–Crippen MR) is 143 cm³/mol. The average Bonchev–Trinajstić information content (AvgIpc) is 3.71. The van der Waals surface area contributed by atoms with Gasteiger partial charge >= 0.3 is 7.82 Å². The van der Waals surface area contributed by atoms with Crippen molar-refractivity contribution in [2.75, 3.05) is 24.7 Å². The first-order valence-corrected chi connectivity index (χ1v) is 15.8. The van der Waals surface area contributed by atoms with Crippen molar-refractivity contribution < 1.29 is 46.9 Å². The Bertz CT molecular complexity index is 1810. The molecule has 0 radical (unpaired) electrons. The summed E-state index contributed by atoms with van der Waals surface area (Å²) in [5.74, 6) is -0.226. The lowest BCUT2D eigenvalue weighted by molar-refractivity contribution is -0.222. The summed E-state index contributed by atoms with van der Waals surface area (Å²) in [6.45, 7) is -0.934. The van der Waals surface area contributed by atoms with Gasteiger partial charge in [-0.15, -0.1) is 0 Å². The zero-order chi connectivity index (χ0) is 30.5. The van der Waals surface area contributed by atoms with Gasteiger partial charge in [0.1, 0.15) is 17.8 Å². The van der Waals surface area contributed by atoms with E-state index in [1.807, 2.05) is 0 Å². The Morgan fingerprint density at radius 1 is 1.02 bits per heavy atom. The molecule has 0 spiro atoms. The maximum Gasteiger partial charge on any atom is 0.472 e. The van der Waals surface area contributed by atoms with Crippen molar-refractivity contribution >= 4 is 49.6 Å². The molecule has 2 aliphatic rings. The number of pyridine rings is 1. The van der Waals surface area contributed by atoms with Gasteiger partial charge in [-0.3, -0.25) is 32.5 Å². The minimum absolute atomic E-state index is 0.0274. The maximum atomic E-state index is 13.0. The van der Waals surface area contributed by atoms with E-state index < -0.39 is 58.6 Å². The Kier molecular flexibility index (Phi) is 7.84. The lowest BCUT2D eigenvalue weighted by Crippen LogP contribution is -2.24. The summed E-state index contributed by atoms with van der Waals surface area (Å²) >= 11 is 0. The summed E-state index contributed by atoms with van der Waals surface area (Å²) in [5.41, 5.74) is 12.4. The molecule has 6 heterocycles. The van der Waals surface area contributed by atoms with Crippen LogP contribution in [0, 0.1) is 0 Å². The van der Waals surface area contributed by atoms with E-state index in [1.54, 1.807) is 23.2 Å². The first-order chi connectivity index (χ1) is 20.4. The van der Waals surface area contributed by atoms with E-state index in [0.717, 1.165) is 0 Å². The SMILES string of the molecule is Nc1nc2c(ncn2[C@@H]2O[C@H](COP(=O)([O-])O)C[C@H]2OP(=O)(O)OC[C@@H]2CC[C@H](n3cnc4c(N)ccnc43)O2)c(=O)[nH]1. The molecule has 43 heavy (non-hydrogen) atoms. The van der Waals surface area contributed by atoms with Crippen molar-refractivity contribution in [2.45, 2.75) is 50.0 Å². The monoisotopic (exact) mass is 642 g/mol. The second-order valence-corrected chi connectivity index (χ2v) is 12.4. The van der Waals surface area contributed by atoms with Crippen molar-refractivity contribution in [1.82, 2.24) is 34.1 Å². The van der Waals surface area contributed by atoms with E-state index in [2.05, 4.69) is 29.4 Å². The summed E-state index contributed by atoms with van der Waals surface area (Å²) in [6, 6.07) is 1.63. The molecule has 0 aliphatic carbocycles. The summed E-state index contributed by atoms with van der Waals surface area (Å²) in [5, 5.41) is 0. The molecule has 7 atom stereocenters. The third-order valence-corrected chi connectivity index (χ3v) is 8.36. The molecule has 6 rings (SSSR count). The van der Waals surface area contributed by atoms with Gasteiger partial charge in [0.15, 0.2) is 23.0 Å². The normalized spacial score (nSPS) is 27.1. The first-order valence-electron chi connectivity index (χ1n) is 12.8. The van der Waals surface area contributed by atoms with Crippen LogP contribution in [0.25, 0.3) is 22.3 Å². The smallest absolute Gasteiger partial charge is 0.472 e. The highest BCUT2D eigenvalue weighted by molar-refractivity contribution is 7.47. The minimum Gasteiger partial charge on any atom is -0.756 e. The highest BCUT2D eigenvalue weighted by Gasteiger charge is 2.43. The zero-order valence-corrected chi connectivity index (χ0v) is 23.8. The topological polar surface area (TPSA) is 290 Å². The molecule has 4 aromatic heterocycles. The number of anilines is 2. The van der Waals surface area contributed by atoms with Crippen LogP contribution >= 0.6 is 15.6 Å². The number of H-pyrrole nitrogens is 1. The van der Waals surface area contributed by atoms with Gasteiger partial charge in [-0.05, 0) is 18.9 Å². The number of fused-ring (bicyclic) bond motifs is 2. The van der Waals surface area contributed by atoms with Gasteiger partial charge < -0.3 is 40.1 Å². The Morgan fingerprint density at radius 3 is 2.56 bits per heavy atom. The zero-order valence-electron chi connectivity index (χ0n) is 22.0. The maximum absolute atomic E-state index is 13.0. The van der Waals surface area contributed by atoms with Gasteiger partial charge in [-0.2, -0.15) is 4.98 Å². The van der Waals surface area contributed by atoms with Gasteiger partial charge in [0.25, 0.3) is 13.4 Å². The Morgan fingerprint density at radius 2 is 1.77 bits per heavy atom. The molecule has 2 saturated heterocycles. The second kappa shape index (κ2) is 11.3. The number of nitrogens with zero attached hydrogens (tertiary/aromatic N) is 6. The van der Waals surface area contributed by atoms with Crippen molar-refractivity contribution in [3.63, 3.8) is 0 Å². The minimum atomic E-state index is -5.10. The molecule has 2 unspecified atom stereocenters. The number of phosphoric acid groups is 2. The van der Waals surface area contributed by atoms with Crippen molar-refractivity contribution in [3.8, 4) is 0 Å². The summed E-state index contributed by atoms with van der Waals surface area (Å²) in [4.78, 5) is 61.8. The van der Waals surface area contributed by atoms with E-state index in [4.69, 9.17) is 34.9 Å². The van der Waals surface area contributed by atoms with Crippen molar-refractivity contribution in [2.24, 2.45) is 0 Å². The highest BCUT2D eigenvalue weighted by Crippen LogP contribution is 2.50. The number of imidazole rings is 2. The molecule has 0 saturated carbocycles. The van der Waals surface area contributed by atoms with Gasteiger partial charge in [0.2, 0.25) is 5.95 Å². The van der Waals surface area contributed by atoms with E-state index >= 15 is 0 Å². The number of nitrogens with two attached hydrogens (primary N) is 2. The largest absolute Gasteiger partial charge is 0.756 e. The van der Waals surface area contributed by atoms with E-state index in [9.17, 15) is 23.7 Å². The van der Waals surface area contributed by atoms with Gasteiger partial charge in [-0.25, -0.2) is 19.5 Å². The van der Waals surface area contributed by atoms with Crippen LogP contribution in [0.2, 0.25) is 0 Å². The van der Waals surface area contributed by atoms with Gasteiger partial charge in [0, 0.05) is 12.6 Å². The fourth-order valence-corrected chi connectivity index (χ4v) is 6.33. The van der Waals surface area contributed by atoms with Gasteiger partial charge in [-0.1, -0.05) is 0 Å². The number of nitrogens with one attached hydrogen (secondary N) is 1. The number of hydrogen-bond donors (Lipinski definition) is 5. The second-order valence-electron chi connectivity index (χ2n) is 9.85. The number of aromatic nitrogens is 7. The third-order valence-electron chi connectivity index (χ3n) is 6.87. The van der Waals surface area contributed by atoms with Crippen LogP contribution in [0.4, 0.5) is 11.6 Å². The molecular weight excluding hydrogens is 616 g/mol. The molecule has 20 nitrogen and oxygen atoms in total. The molecule has 0 bridgehead atoms. The Hall–Kier alpha value is -3.29. The van der Waals surface area contributed by atoms with Crippen molar-refractivity contribution in [3.05, 3.63) is 35.3 Å². The number of ether oxygens (including phenoxy) is 2. The number of rotatable bonds is 10. The Balaban J connectivity index is 1.14. The number of phosphoric ester groups is 2. The molecule has 0 amide bonds. The summed E-state index contributed by atoms with van der Waals surface area (Å²) in [6.07, 6.45) is 0.585. The van der Waals surface area contributed by atoms with Crippen LogP contribution in [-0.4, -0.2) is 75.4 Å². The molecule has 22 heteroatoms. The highest BCUT2D eigenvalue weighted by atomic mass is 31.2. The van der Waals surface area contributed by atoms with Crippen LogP contribution in [0.1, 0.15) is 31.7 Å². The fourth-order valence-electron chi connectivity index (χ4n) is 5.03. The number of hydrogen-bond acceptors (Lipinski definition) is 15. The van der Waals surface area contributed by atoms with Crippen LogP contribution < -0.4 is 21.9 Å². The Labute approximate surface area is 240 Å². The van der Waals surface area contributed by atoms with Crippen LogP contribution in [0.15, 0.2) is 29.7 Å². The van der Waals surface area contributed by atoms with E-state index in [1.165, 1.54) is 10.9 Å². The molecule has 232 valence electrons. The molecular formula is C21H26N9O11P2-. The predicted octanol–water partition coefficient (Wildman–Crippen LogP) is -0.326. The molecule has 7 N–H and O–H groups in total.